The lowest BCUT2D eigenvalue weighted by molar-refractivity contribution is 0.0188. The smallest absolute Gasteiger partial charge is 0.171 e. The normalized spacial score (nSPS) is 21.4. The zero-order chi connectivity index (χ0) is 16.7. The third-order valence-corrected chi connectivity index (χ3v) is 7.81. The maximum atomic E-state index is 14.4. The van der Waals surface area contributed by atoms with Gasteiger partial charge in [-0.15, -0.1) is 0 Å². The first kappa shape index (κ1) is 15.3. The SMILES string of the molecule is O=P1(c2ccccc2)c2ccccc2[C@@H](O)[C@H](O)c2ccccc21. The van der Waals surface area contributed by atoms with Gasteiger partial charge in [-0.3, -0.25) is 0 Å². The molecule has 0 bridgehead atoms. The minimum atomic E-state index is -3.18. The van der Waals surface area contributed by atoms with Crippen LogP contribution in [0, 0.1) is 0 Å². The van der Waals surface area contributed by atoms with Crippen LogP contribution in [0.15, 0.2) is 78.9 Å². The molecular formula is C20H17O3P. The molecule has 2 N–H and O–H groups in total. The van der Waals surface area contributed by atoms with Crippen LogP contribution in [0.2, 0.25) is 0 Å². The fourth-order valence-corrected chi connectivity index (χ4v) is 6.58. The van der Waals surface area contributed by atoms with E-state index in [0.29, 0.717) is 27.0 Å². The molecule has 0 amide bonds. The Morgan fingerprint density at radius 1 is 0.625 bits per heavy atom. The predicted octanol–water partition coefficient (Wildman–Crippen LogP) is 2.41. The average molecular weight is 336 g/mol. The minimum Gasteiger partial charge on any atom is -0.385 e. The van der Waals surface area contributed by atoms with Crippen molar-refractivity contribution < 1.29 is 14.8 Å². The Kier molecular flexibility index (Phi) is 3.65. The monoisotopic (exact) mass is 336 g/mol. The summed E-state index contributed by atoms with van der Waals surface area (Å²) < 4.78 is 14.4. The first-order valence-electron chi connectivity index (χ1n) is 7.85. The molecular weight excluding hydrogens is 319 g/mol. The molecule has 24 heavy (non-hydrogen) atoms. The highest BCUT2D eigenvalue weighted by Crippen LogP contribution is 2.49. The molecule has 1 aliphatic heterocycles. The summed E-state index contributed by atoms with van der Waals surface area (Å²) in [7, 11) is -3.18. The maximum absolute atomic E-state index is 14.4. The molecule has 3 aromatic carbocycles. The fourth-order valence-electron chi connectivity index (χ4n) is 3.43. The van der Waals surface area contributed by atoms with E-state index in [1.54, 1.807) is 36.4 Å². The van der Waals surface area contributed by atoms with Crippen LogP contribution in [0.4, 0.5) is 0 Å². The number of aliphatic hydroxyl groups excluding tert-OH is 2. The van der Waals surface area contributed by atoms with E-state index in [1.165, 1.54) is 0 Å². The lowest BCUT2D eigenvalue weighted by Crippen LogP contribution is -2.27. The van der Waals surface area contributed by atoms with Gasteiger partial charge in [-0.25, -0.2) is 0 Å². The van der Waals surface area contributed by atoms with Gasteiger partial charge in [0.25, 0.3) is 0 Å². The Bertz CT molecular complexity index is 881. The molecule has 0 radical (unpaired) electrons. The molecule has 0 spiro atoms. The van der Waals surface area contributed by atoms with E-state index >= 15 is 0 Å². The number of hydrogen-bond donors (Lipinski definition) is 2. The lowest BCUT2D eigenvalue weighted by Gasteiger charge is -2.21. The van der Waals surface area contributed by atoms with Gasteiger partial charge in [0.2, 0.25) is 0 Å². The van der Waals surface area contributed by atoms with Crippen LogP contribution >= 0.6 is 7.14 Å². The number of benzene rings is 3. The van der Waals surface area contributed by atoms with Gasteiger partial charge in [0.1, 0.15) is 12.2 Å². The zero-order valence-electron chi connectivity index (χ0n) is 12.9. The molecule has 3 nitrogen and oxygen atoms in total. The van der Waals surface area contributed by atoms with E-state index in [-0.39, 0.29) is 0 Å². The lowest BCUT2D eigenvalue weighted by atomic mass is 9.99. The highest BCUT2D eigenvalue weighted by molar-refractivity contribution is 7.85. The van der Waals surface area contributed by atoms with Crippen molar-refractivity contribution in [2.75, 3.05) is 0 Å². The molecule has 1 heterocycles. The highest BCUT2D eigenvalue weighted by atomic mass is 31.2. The van der Waals surface area contributed by atoms with Crippen molar-refractivity contribution in [3.05, 3.63) is 90.0 Å². The summed E-state index contributed by atoms with van der Waals surface area (Å²) in [5.41, 5.74) is 1.04. The summed E-state index contributed by atoms with van der Waals surface area (Å²) in [6, 6.07) is 23.6. The van der Waals surface area contributed by atoms with E-state index < -0.39 is 19.3 Å². The Morgan fingerprint density at radius 2 is 1.04 bits per heavy atom. The van der Waals surface area contributed by atoms with E-state index in [2.05, 4.69) is 0 Å². The van der Waals surface area contributed by atoms with Gasteiger partial charge >= 0.3 is 0 Å². The Hall–Kier alpha value is -2.19. The summed E-state index contributed by atoms with van der Waals surface area (Å²) in [5, 5.41) is 23.2. The van der Waals surface area contributed by atoms with E-state index in [1.807, 2.05) is 42.5 Å². The van der Waals surface area contributed by atoms with E-state index in [0.717, 1.165) is 0 Å². The molecule has 0 aliphatic carbocycles. The van der Waals surface area contributed by atoms with Crippen molar-refractivity contribution >= 4 is 23.1 Å². The van der Waals surface area contributed by atoms with Gasteiger partial charge in [0, 0.05) is 15.9 Å². The molecule has 0 unspecified atom stereocenters. The van der Waals surface area contributed by atoms with Gasteiger partial charge < -0.3 is 14.8 Å². The standard InChI is InChI=1S/C20H17O3P/c21-19-15-10-4-6-12-17(15)24(23,14-8-2-1-3-9-14)18-13-7-5-11-16(18)20(19)22/h1-13,19-22H/t19-,20-/m1/s1. The molecule has 2 atom stereocenters. The number of fused-ring (bicyclic) bond motifs is 2. The first-order chi connectivity index (χ1) is 11.6. The van der Waals surface area contributed by atoms with E-state index in [4.69, 9.17) is 0 Å². The molecule has 0 fully saturated rings. The summed E-state index contributed by atoms with van der Waals surface area (Å²) >= 11 is 0. The molecule has 4 heteroatoms. The fraction of sp³-hybridized carbons (Fsp3) is 0.100. The minimum absolute atomic E-state index is 0.522. The second-order valence-corrected chi connectivity index (χ2v) is 8.65. The topological polar surface area (TPSA) is 57.5 Å². The van der Waals surface area contributed by atoms with Gasteiger partial charge in [-0.05, 0) is 11.1 Å². The summed E-state index contributed by atoms with van der Waals surface area (Å²) in [6.07, 6.45) is -2.22. The summed E-state index contributed by atoms with van der Waals surface area (Å²) in [5.74, 6) is 0. The van der Waals surface area contributed by atoms with E-state index in [9.17, 15) is 14.8 Å². The molecule has 120 valence electrons. The van der Waals surface area contributed by atoms with Crippen molar-refractivity contribution in [3.63, 3.8) is 0 Å². The van der Waals surface area contributed by atoms with Crippen LogP contribution < -0.4 is 15.9 Å². The van der Waals surface area contributed by atoms with Crippen molar-refractivity contribution in [2.24, 2.45) is 0 Å². The maximum Gasteiger partial charge on any atom is 0.171 e. The van der Waals surface area contributed by atoms with Gasteiger partial charge in [0.15, 0.2) is 7.14 Å². The molecule has 1 aliphatic rings. The average Bonchev–Trinajstić information content (AvgIpc) is 2.73. The second-order valence-electron chi connectivity index (χ2n) is 5.95. The van der Waals surface area contributed by atoms with Crippen molar-refractivity contribution in [1.82, 2.24) is 0 Å². The quantitative estimate of drug-likeness (QED) is 0.671. The Morgan fingerprint density at radius 3 is 1.54 bits per heavy atom. The Balaban J connectivity index is 2.15. The van der Waals surface area contributed by atoms with Crippen molar-refractivity contribution in [3.8, 4) is 0 Å². The molecule has 3 aromatic rings. The van der Waals surface area contributed by atoms with Gasteiger partial charge in [-0.1, -0.05) is 78.9 Å². The molecule has 4 rings (SSSR count). The van der Waals surface area contributed by atoms with Crippen molar-refractivity contribution in [2.45, 2.75) is 12.2 Å². The highest BCUT2D eigenvalue weighted by Gasteiger charge is 2.41. The Labute approximate surface area is 140 Å². The number of aliphatic hydroxyl groups is 2. The number of rotatable bonds is 1. The van der Waals surface area contributed by atoms with Gasteiger partial charge in [0.05, 0.1) is 0 Å². The third-order valence-electron chi connectivity index (χ3n) is 4.61. The van der Waals surface area contributed by atoms with Crippen LogP contribution in [0.3, 0.4) is 0 Å². The zero-order valence-corrected chi connectivity index (χ0v) is 13.8. The molecule has 0 saturated heterocycles. The van der Waals surface area contributed by atoms with Crippen molar-refractivity contribution in [1.29, 1.82) is 0 Å². The summed E-state index contributed by atoms with van der Waals surface area (Å²) in [4.78, 5) is 0. The number of hydrogen-bond acceptors (Lipinski definition) is 3. The van der Waals surface area contributed by atoms with Crippen LogP contribution in [0.1, 0.15) is 23.3 Å². The largest absolute Gasteiger partial charge is 0.385 e. The first-order valence-corrected chi connectivity index (χ1v) is 9.55. The molecule has 0 saturated carbocycles. The predicted molar refractivity (Wildman–Crippen MR) is 95.8 cm³/mol. The summed E-state index contributed by atoms with van der Waals surface area (Å²) in [6.45, 7) is 0. The van der Waals surface area contributed by atoms with Crippen LogP contribution in [0.5, 0.6) is 0 Å². The van der Waals surface area contributed by atoms with Crippen LogP contribution in [-0.4, -0.2) is 10.2 Å². The van der Waals surface area contributed by atoms with Gasteiger partial charge in [-0.2, -0.15) is 0 Å². The molecule has 0 aromatic heterocycles. The third kappa shape index (κ3) is 2.10. The van der Waals surface area contributed by atoms with Crippen LogP contribution in [0.25, 0.3) is 0 Å². The second kappa shape index (κ2) is 5.71. The van der Waals surface area contributed by atoms with Crippen LogP contribution in [-0.2, 0) is 4.57 Å².